The Labute approximate surface area is 226 Å². The van der Waals surface area contributed by atoms with Gasteiger partial charge in [-0.2, -0.15) is 10.2 Å². The van der Waals surface area contributed by atoms with Crippen LogP contribution >= 0.6 is 0 Å². The Kier molecular flexibility index (Phi) is 7.00. The van der Waals surface area contributed by atoms with Crippen molar-refractivity contribution in [2.45, 2.75) is 32.4 Å². The van der Waals surface area contributed by atoms with Gasteiger partial charge in [0.05, 0.1) is 36.7 Å². The molecule has 2 aliphatic rings. The summed E-state index contributed by atoms with van der Waals surface area (Å²) in [7, 11) is 1.59. The van der Waals surface area contributed by atoms with E-state index in [4.69, 9.17) is 4.74 Å². The van der Waals surface area contributed by atoms with Crippen molar-refractivity contribution in [1.29, 1.82) is 0 Å². The number of anilines is 1. The summed E-state index contributed by atoms with van der Waals surface area (Å²) in [6.45, 7) is 2.74. The molecule has 208 valence electrons. The SMILES string of the molecule is CC(=O)N(C(C)=O)c1cc(-c2cc(OC3CN(C(=O)N4N=CCC4c4cc(F)cc(F)c4)C3)c(F)cn2)n(C)n1. The van der Waals surface area contributed by atoms with Crippen molar-refractivity contribution >= 4 is 29.9 Å². The molecule has 0 radical (unpaired) electrons. The number of hydrazone groups is 1. The van der Waals surface area contributed by atoms with Crippen molar-refractivity contribution in [3.63, 3.8) is 0 Å². The Morgan fingerprint density at radius 2 is 1.68 bits per heavy atom. The van der Waals surface area contributed by atoms with E-state index >= 15 is 0 Å². The molecule has 1 unspecified atom stereocenters. The number of benzene rings is 1. The van der Waals surface area contributed by atoms with E-state index in [1.165, 1.54) is 46.8 Å². The van der Waals surface area contributed by atoms with E-state index in [1.54, 1.807) is 7.05 Å². The number of hydrogen-bond donors (Lipinski definition) is 0. The molecule has 0 saturated carbocycles. The molecule has 1 atom stereocenters. The lowest BCUT2D eigenvalue weighted by Crippen LogP contribution is -2.58. The normalized spacial score (nSPS) is 16.7. The highest BCUT2D eigenvalue weighted by atomic mass is 19.1. The summed E-state index contributed by atoms with van der Waals surface area (Å²) in [5.41, 5.74) is 0.981. The molecule has 0 bridgehead atoms. The van der Waals surface area contributed by atoms with Crippen LogP contribution in [0.4, 0.5) is 23.8 Å². The summed E-state index contributed by atoms with van der Waals surface area (Å²) in [6, 6.07) is 4.81. The number of halogens is 3. The Hall–Kier alpha value is -4.75. The lowest BCUT2D eigenvalue weighted by atomic mass is 10.0. The van der Waals surface area contributed by atoms with E-state index in [2.05, 4.69) is 15.2 Å². The van der Waals surface area contributed by atoms with Gasteiger partial charge in [-0.05, 0) is 17.7 Å². The highest BCUT2D eigenvalue weighted by molar-refractivity contribution is 6.12. The summed E-state index contributed by atoms with van der Waals surface area (Å²) < 4.78 is 49.2. The zero-order chi connectivity index (χ0) is 28.7. The van der Waals surface area contributed by atoms with Crippen LogP contribution in [0.3, 0.4) is 0 Å². The second-order valence-corrected chi connectivity index (χ2v) is 9.41. The molecular formula is C26H24F3N7O4. The number of amides is 4. The van der Waals surface area contributed by atoms with Gasteiger partial charge in [-0.1, -0.05) is 0 Å². The van der Waals surface area contributed by atoms with Crippen LogP contribution in [0.15, 0.2) is 41.6 Å². The Bertz CT molecular complexity index is 1500. The molecule has 5 rings (SSSR count). The lowest BCUT2D eigenvalue weighted by Gasteiger charge is -2.41. The van der Waals surface area contributed by atoms with Gasteiger partial charge < -0.3 is 9.64 Å². The van der Waals surface area contributed by atoms with Gasteiger partial charge in [0.2, 0.25) is 11.8 Å². The fraction of sp³-hybridized carbons (Fsp3) is 0.308. The first-order valence-corrected chi connectivity index (χ1v) is 12.3. The van der Waals surface area contributed by atoms with Crippen molar-refractivity contribution in [2.24, 2.45) is 12.1 Å². The predicted octanol–water partition coefficient (Wildman–Crippen LogP) is 3.41. The molecule has 4 amide bonds. The van der Waals surface area contributed by atoms with Gasteiger partial charge in [-0.25, -0.2) is 27.9 Å². The molecule has 11 nitrogen and oxygen atoms in total. The molecule has 2 aliphatic heterocycles. The minimum absolute atomic E-state index is 0.100. The lowest BCUT2D eigenvalue weighted by molar-refractivity contribution is -0.124. The van der Waals surface area contributed by atoms with Crippen molar-refractivity contribution in [2.75, 3.05) is 18.0 Å². The molecular weight excluding hydrogens is 531 g/mol. The van der Waals surface area contributed by atoms with E-state index in [1.807, 2.05) is 0 Å². The van der Waals surface area contributed by atoms with Crippen LogP contribution in [0.1, 0.15) is 31.9 Å². The number of carbonyl (C=O) groups is 3. The highest BCUT2D eigenvalue weighted by Gasteiger charge is 2.39. The number of rotatable bonds is 5. The summed E-state index contributed by atoms with van der Waals surface area (Å²) in [5.74, 6) is -3.24. The van der Waals surface area contributed by atoms with Gasteiger partial charge in [0.25, 0.3) is 0 Å². The van der Waals surface area contributed by atoms with Crippen LogP contribution in [0.25, 0.3) is 11.4 Å². The molecule has 0 aliphatic carbocycles. The molecule has 0 spiro atoms. The standard InChI is InChI=1S/C26H24F3N7O4/c1-14(37)35(15(2)38)25-10-23(33(3)32-25)21-9-24(20(29)11-30-21)40-19-12-34(13-19)26(39)36-22(4-5-31-36)16-6-17(27)8-18(28)7-16/h5-11,19,22H,4,12-13H2,1-3H3. The largest absolute Gasteiger partial charge is 0.483 e. The van der Waals surface area contributed by atoms with E-state index in [0.717, 1.165) is 29.3 Å². The maximum absolute atomic E-state index is 14.6. The van der Waals surface area contributed by atoms with Crippen LogP contribution < -0.4 is 9.64 Å². The average molecular weight is 556 g/mol. The number of aryl methyl sites for hydroxylation is 1. The number of ether oxygens (including phenoxy) is 1. The van der Waals surface area contributed by atoms with Crippen molar-refractivity contribution in [3.05, 3.63) is 59.5 Å². The molecule has 40 heavy (non-hydrogen) atoms. The average Bonchev–Trinajstić information content (AvgIpc) is 3.48. The zero-order valence-electron chi connectivity index (χ0n) is 21.7. The van der Waals surface area contributed by atoms with Crippen LogP contribution in [-0.4, -0.2) is 67.9 Å². The third-order valence-corrected chi connectivity index (χ3v) is 6.52. The molecule has 0 N–H and O–H groups in total. The third-order valence-electron chi connectivity index (χ3n) is 6.52. The summed E-state index contributed by atoms with van der Waals surface area (Å²) in [4.78, 5) is 43.2. The molecule has 14 heteroatoms. The molecule has 2 aromatic heterocycles. The minimum atomic E-state index is -0.747. The fourth-order valence-corrected chi connectivity index (χ4v) is 4.63. The Morgan fingerprint density at radius 1 is 1.00 bits per heavy atom. The number of imide groups is 1. The molecule has 1 aromatic carbocycles. The number of urea groups is 1. The second kappa shape index (κ2) is 10.4. The Balaban J connectivity index is 1.26. The fourth-order valence-electron chi connectivity index (χ4n) is 4.63. The quantitative estimate of drug-likeness (QED) is 0.477. The van der Waals surface area contributed by atoms with E-state index in [0.29, 0.717) is 12.1 Å². The highest BCUT2D eigenvalue weighted by Crippen LogP contribution is 2.33. The maximum Gasteiger partial charge on any atom is 0.341 e. The third kappa shape index (κ3) is 5.11. The zero-order valence-corrected chi connectivity index (χ0v) is 21.7. The smallest absolute Gasteiger partial charge is 0.341 e. The number of carbonyl (C=O) groups excluding carboxylic acids is 3. The monoisotopic (exact) mass is 555 g/mol. The van der Waals surface area contributed by atoms with Crippen molar-refractivity contribution in [1.82, 2.24) is 24.7 Å². The Morgan fingerprint density at radius 3 is 2.33 bits per heavy atom. The van der Waals surface area contributed by atoms with Crippen LogP contribution in [-0.2, 0) is 16.6 Å². The first kappa shape index (κ1) is 26.8. The summed E-state index contributed by atoms with van der Waals surface area (Å²) in [6.07, 6.45) is 2.26. The predicted molar refractivity (Wildman–Crippen MR) is 136 cm³/mol. The second-order valence-electron chi connectivity index (χ2n) is 9.41. The van der Waals surface area contributed by atoms with Gasteiger partial charge in [0.1, 0.15) is 17.7 Å². The van der Waals surface area contributed by atoms with E-state index in [9.17, 15) is 27.6 Å². The molecule has 1 saturated heterocycles. The number of likely N-dealkylation sites (tertiary alicyclic amines) is 1. The van der Waals surface area contributed by atoms with Gasteiger partial charge >= 0.3 is 6.03 Å². The van der Waals surface area contributed by atoms with E-state index in [-0.39, 0.29) is 35.9 Å². The molecule has 3 aromatic rings. The van der Waals surface area contributed by atoms with E-state index < -0.39 is 47.4 Å². The van der Waals surface area contributed by atoms with Gasteiger partial charge in [0, 0.05) is 51.7 Å². The first-order valence-electron chi connectivity index (χ1n) is 12.3. The van der Waals surface area contributed by atoms with Crippen molar-refractivity contribution < 1.29 is 32.3 Å². The maximum atomic E-state index is 14.6. The van der Waals surface area contributed by atoms with Crippen molar-refractivity contribution in [3.8, 4) is 17.1 Å². The summed E-state index contributed by atoms with van der Waals surface area (Å²) >= 11 is 0. The first-order chi connectivity index (χ1) is 19.0. The number of pyridine rings is 1. The van der Waals surface area contributed by atoms with Crippen LogP contribution in [0, 0.1) is 17.5 Å². The van der Waals surface area contributed by atoms with Gasteiger partial charge in [-0.15, -0.1) is 0 Å². The molecule has 1 fully saturated rings. The topological polar surface area (TPSA) is 113 Å². The van der Waals surface area contributed by atoms with Gasteiger partial charge in [0.15, 0.2) is 17.4 Å². The minimum Gasteiger partial charge on any atom is -0.483 e. The van der Waals surface area contributed by atoms with Crippen LogP contribution in [0.2, 0.25) is 0 Å². The number of nitrogens with zero attached hydrogens (tertiary/aromatic N) is 7. The summed E-state index contributed by atoms with van der Waals surface area (Å²) in [5, 5.41) is 9.44. The van der Waals surface area contributed by atoms with Gasteiger partial charge in [-0.3, -0.25) is 19.3 Å². The number of hydrogen-bond acceptors (Lipinski definition) is 7. The molecule has 4 heterocycles. The van der Waals surface area contributed by atoms with Crippen LogP contribution in [0.5, 0.6) is 5.75 Å². The number of aromatic nitrogens is 3.